The summed E-state index contributed by atoms with van der Waals surface area (Å²) in [5.41, 5.74) is 5.88. The van der Waals surface area contributed by atoms with Crippen molar-refractivity contribution in [2.24, 2.45) is 5.73 Å². The summed E-state index contributed by atoms with van der Waals surface area (Å²) >= 11 is 1.52. The van der Waals surface area contributed by atoms with Crippen LogP contribution in [0.15, 0.2) is 29.7 Å². The summed E-state index contributed by atoms with van der Waals surface area (Å²) in [5.74, 6) is -0.0669. The molecule has 86 valence electrons. The third-order valence-electron chi connectivity index (χ3n) is 2.75. The maximum absolute atomic E-state index is 11.9. The second-order valence-corrected chi connectivity index (χ2v) is 4.96. The standard InChI is InChI=1S/C12H16N2OS/c13-11(10-7-4-8-16-10)12(15)14-9-5-2-1-3-6-9/h1-2,4,7-9,11H,3,5-6,13H2,(H,14,15). The Morgan fingerprint density at radius 1 is 1.56 bits per heavy atom. The highest BCUT2D eigenvalue weighted by Gasteiger charge is 2.20. The molecule has 1 amide bonds. The van der Waals surface area contributed by atoms with Crippen molar-refractivity contribution in [2.75, 3.05) is 0 Å². The number of hydrogen-bond donors (Lipinski definition) is 2. The molecule has 2 rings (SSSR count). The van der Waals surface area contributed by atoms with Crippen molar-refractivity contribution in [2.45, 2.75) is 31.3 Å². The molecule has 1 aromatic heterocycles. The lowest BCUT2D eigenvalue weighted by Gasteiger charge is -2.21. The van der Waals surface area contributed by atoms with E-state index < -0.39 is 6.04 Å². The molecule has 3 nitrogen and oxygen atoms in total. The number of allylic oxidation sites excluding steroid dienone is 1. The minimum atomic E-state index is -0.522. The third-order valence-corrected chi connectivity index (χ3v) is 3.70. The van der Waals surface area contributed by atoms with Crippen molar-refractivity contribution in [3.05, 3.63) is 34.5 Å². The second-order valence-electron chi connectivity index (χ2n) is 3.98. The summed E-state index contributed by atoms with van der Waals surface area (Å²) in [6.07, 6.45) is 7.24. The molecule has 0 saturated heterocycles. The summed E-state index contributed by atoms with van der Waals surface area (Å²) in [7, 11) is 0. The Hall–Kier alpha value is -1.13. The van der Waals surface area contributed by atoms with Gasteiger partial charge >= 0.3 is 0 Å². The van der Waals surface area contributed by atoms with Gasteiger partial charge in [0.05, 0.1) is 0 Å². The maximum atomic E-state index is 11.9. The van der Waals surface area contributed by atoms with E-state index in [-0.39, 0.29) is 11.9 Å². The van der Waals surface area contributed by atoms with Crippen molar-refractivity contribution in [3.63, 3.8) is 0 Å². The second kappa shape index (κ2) is 5.27. The van der Waals surface area contributed by atoms with Crippen LogP contribution in [0.2, 0.25) is 0 Å². The van der Waals surface area contributed by atoms with Crippen LogP contribution in [0.5, 0.6) is 0 Å². The van der Waals surface area contributed by atoms with E-state index in [1.807, 2.05) is 17.5 Å². The highest BCUT2D eigenvalue weighted by Crippen LogP contribution is 2.18. The van der Waals surface area contributed by atoms with E-state index in [4.69, 9.17) is 5.73 Å². The zero-order valence-corrected chi connectivity index (χ0v) is 9.87. The Balaban J connectivity index is 1.90. The van der Waals surface area contributed by atoms with Crippen LogP contribution in [0, 0.1) is 0 Å². The van der Waals surface area contributed by atoms with Gasteiger partial charge in [-0.2, -0.15) is 0 Å². The highest BCUT2D eigenvalue weighted by atomic mass is 32.1. The molecule has 3 N–H and O–H groups in total. The highest BCUT2D eigenvalue weighted by molar-refractivity contribution is 7.10. The van der Waals surface area contributed by atoms with E-state index >= 15 is 0 Å². The lowest BCUT2D eigenvalue weighted by molar-refractivity contribution is -0.123. The maximum Gasteiger partial charge on any atom is 0.242 e. The molecule has 1 aliphatic rings. The van der Waals surface area contributed by atoms with Crippen LogP contribution < -0.4 is 11.1 Å². The molecular weight excluding hydrogens is 220 g/mol. The summed E-state index contributed by atoms with van der Waals surface area (Å²) in [6.45, 7) is 0. The normalized spacial score (nSPS) is 21.7. The lowest BCUT2D eigenvalue weighted by Crippen LogP contribution is -2.40. The van der Waals surface area contributed by atoms with Crippen molar-refractivity contribution < 1.29 is 4.79 Å². The number of carbonyl (C=O) groups excluding carboxylic acids is 1. The molecule has 16 heavy (non-hydrogen) atoms. The predicted octanol–water partition coefficient (Wildman–Crippen LogP) is 1.97. The van der Waals surface area contributed by atoms with Gasteiger partial charge in [0.2, 0.25) is 5.91 Å². The van der Waals surface area contributed by atoms with Crippen molar-refractivity contribution in [1.29, 1.82) is 0 Å². The smallest absolute Gasteiger partial charge is 0.242 e. The van der Waals surface area contributed by atoms with Gasteiger partial charge in [-0.1, -0.05) is 18.2 Å². The molecule has 0 radical (unpaired) electrons. The molecule has 2 unspecified atom stereocenters. The Labute approximate surface area is 99.3 Å². The number of amides is 1. The van der Waals surface area contributed by atoms with Crippen LogP contribution >= 0.6 is 11.3 Å². The fourth-order valence-electron chi connectivity index (χ4n) is 1.81. The first-order valence-electron chi connectivity index (χ1n) is 5.51. The number of rotatable bonds is 3. The topological polar surface area (TPSA) is 55.1 Å². The number of thiophene rings is 1. The number of nitrogens with one attached hydrogen (secondary N) is 1. The van der Waals surface area contributed by atoms with E-state index in [0.29, 0.717) is 0 Å². The van der Waals surface area contributed by atoms with E-state index in [0.717, 1.165) is 24.1 Å². The average Bonchev–Trinajstić information content (AvgIpc) is 2.83. The van der Waals surface area contributed by atoms with Crippen LogP contribution in [0.1, 0.15) is 30.2 Å². The minimum absolute atomic E-state index is 0.0669. The van der Waals surface area contributed by atoms with Crippen LogP contribution in [0.3, 0.4) is 0 Å². The fourth-order valence-corrected chi connectivity index (χ4v) is 2.54. The summed E-state index contributed by atoms with van der Waals surface area (Å²) in [5, 5.41) is 4.93. The van der Waals surface area contributed by atoms with E-state index in [9.17, 15) is 4.79 Å². The van der Waals surface area contributed by atoms with E-state index in [2.05, 4.69) is 17.5 Å². The Morgan fingerprint density at radius 3 is 3.06 bits per heavy atom. The number of hydrogen-bond acceptors (Lipinski definition) is 3. The molecule has 0 fully saturated rings. The molecule has 0 saturated carbocycles. The molecule has 2 atom stereocenters. The van der Waals surface area contributed by atoms with Gasteiger partial charge < -0.3 is 11.1 Å². The number of carbonyl (C=O) groups is 1. The minimum Gasteiger partial charge on any atom is -0.351 e. The van der Waals surface area contributed by atoms with Gasteiger partial charge in [0.25, 0.3) is 0 Å². The molecule has 0 aromatic carbocycles. The quantitative estimate of drug-likeness (QED) is 0.788. The van der Waals surface area contributed by atoms with Crippen molar-refractivity contribution in [1.82, 2.24) is 5.32 Å². The first-order chi connectivity index (χ1) is 7.77. The summed E-state index contributed by atoms with van der Waals surface area (Å²) < 4.78 is 0. The van der Waals surface area contributed by atoms with Crippen LogP contribution in [0.25, 0.3) is 0 Å². The SMILES string of the molecule is NC(C(=O)NC1CC=CCC1)c1cccs1. The zero-order chi connectivity index (χ0) is 11.4. The Kier molecular flexibility index (Phi) is 3.74. The van der Waals surface area contributed by atoms with Crippen molar-refractivity contribution >= 4 is 17.2 Å². The van der Waals surface area contributed by atoms with Crippen LogP contribution in [-0.2, 0) is 4.79 Å². The van der Waals surface area contributed by atoms with Gasteiger partial charge in [0.15, 0.2) is 0 Å². The van der Waals surface area contributed by atoms with Crippen LogP contribution in [0.4, 0.5) is 0 Å². The summed E-state index contributed by atoms with van der Waals surface area (Å²) in [4.78, 5) is 12.8. The zero-order valence-electron chi connectivity index (χ0n) is 9.06. The molecule has 0 aliphatic heterocycles. The van der Waals surface area contributed by atoms with Gasteiger partial charge in [-0.05, 0) is 30.7 Å². The largest absolute Gasteiger partial charge is 0.351 e. The molecule has 4 heteroatoms. The Morgan fingerprint density at radius 2 is 2.44 bits per heavy atom. The average molecular weight is 236 g/mol. The molecular formula is C12H16N2OS. The predicted molar refractivity (Wildman–Crippen MR) is 66.2 cm³/mol. The molecule has 1 heterocycles. The van der Waals surface area contributed by atoms with Crippen molar-refractivity contribution in [3.8, 4) is 0 Å². The van der Waals surface area contributed by atoms with E-state index in [1.54, 1.807) is 0 Å². The third kappa shape index (κ3) is 2.71. The monoisotopic (exact) mass is 236 g/mol. The number of nitrogens with two attached hydrogens (primary N) is 1. The fraction of sp³-hybridized carbons (Fsp3) is 0.417. The van der Waals surface area contributed by atoms with Gasteiger partial charge in [-0.3, -0.25) is 4.79 Å². The first kappa shape index (κ1) is 11.4. The van der Waals surface area contributed by atoms with Gasteiger partial charge in [0, 0.05) is 10.9 Å². The molecule has 0 bridgehead atoms. The van der Waals surface area contributed by atoms with Gasteiger partial charge in [-0.25, -0.2) is 0 Å². The molecule has 1 aromatic rings. The molecule has 0 spiro atoms. The first-order valence-corrected chi connectivity index (χ1v) is 6.39. The van der Waals surface area contributed by atoms with Crippen LogP contribution in [-0.4, -0.2) is 11.9 Å². The lowest BCUT2D eigenvalue weighted by atomic mass is 10.0. The summed E-state index contributed by atoms with van der Waals surface area (Å²) in [6, 6.07) is 3.54. The molecule has 1 aliphatic carbocycles. The van der Waals surface area contributed by atoms with Gasteiger partial charge in [0.1, 0.15) is 6.04 Å². The van der Waals surface area contributed by atoms with E-state index in [1.165, 1.54) is 11.3 Å². The Bertz CT molecular complexity index is 372. The van der Waals surface area contributed by atoms with Gasteiger partial charge in [-0.15, -0.1) is 11.3 Å².